The standard InChI is InChI=1S/C13H13ClN2O2S/c1-9-4-5-19-13(9)8-15-7-10-6-11(16(17)18)2-3-12(10)14/h2-6,15H,7-8H2,1H3. The van der Waals surface area contributed by atoms with Gasteiger partial charge in [-0.2, -0.15) is 0 Å². The summed E-state index contributed by atoms with van der Waals surface area (Å²) in [7, 11) is 0. The Labute approximate surface area is 120 Å². The zero-order chi connectivity index (χ0) is 13.8. The van der Waals surface area contributed by atoms with Gasteiger partial charge in [-0.1, -0.05) is 11.6 Å². The van der Waals surface area contributed by atoms with Crippen molar-refractivity contribution >= 4 is 28.6 Å². The highest BCUT2D eigenvalue weighted by Crippen LogP contribution is 2.22. The lowest BCUT2D eigenvalue weighted by Gasteiger charge is -2.06. The third kappa shape index (κ3) is 3.53. The van der Waals surface area contributed by atoms with Crippen LogP contribution in [0.4, 0.5) is 5.69 Å². The van der Waals surface area contributed by atoms with E-state index in [4.69, 9.17) is 11.6 Å². The van der Waals surface area contributed by atoms with Crippen LogP contribution < -0.4 is 5.32 Å². The number of thiophene rings is 1. The smallest absolute Gasteiger partial charge is 0.269 e. The summed E-state index contributed by atoms with van der Waals surface area (Å²) in [5.41, 5.74) is 2.06. The minimum Gasteiger partial charge on any atom is -0.308 e. The summed E-state index contributed by atoms with van der Waals surface area (Å²) < 4.78 is 0. The van der Waals surface area contributed by atoms with Gasteiger partial charge < -0.3 is 5.32 Å². The number of benzene rings is 1. The molecule has 6 heteroatoms. The summed E-state index contributed by atoms with van der Waals surface area (Å²) in [5, 5.41) is 16.6. The molecule has 100 valence electrons. The summed E-state index contributed by atoms with van der Waals surface area (Å²) in [4.78, 5) is 11.6. The zero-order valence-corrected chi connectivity index (χ0v) is 11.9. The van der Waals surface area contributed by atoms with Crippen molar-refractivity contribution in [2.75, 3.05) is 0 Å². The molecule has 19 heavy (non-hydrogen) atoms. The molecule has 1 heterocycles. The van der Waals surface area contributed by atoms with E-state index in [0.717, 1.165) is 12.1 Å². The lowest BCUT2D eigenvalue weighted by atomic mass is 10.2. The van der Waals surface area contributed by atoms with Crippen molar-refractivity contribution < 1.29 is 4.92 Å². The van der Waals surface area contributed by atoms with E-state index in [0.29, 0.717) is 11.6 Å². The van der Waals surface area contributed by atoms with E-state index in [9.17, 15) is 10.1 Å². The molecule has 0 aliphatic rings. The molecule has 1 aromatic heterocycles. The number of hydrogen-bond acceptors (Lipinski definition) is 4. The summed E-state index contributed by atoms with van der Waals surface area (Å²) in [6.45, 7) is 3.31. The number of nitrogens with zero attached hydrogens (tertiary/aromatic N) is 1. The molecule has 0 fully saturated rings. The van der Waals surface area contributed by atoms with Crippen LogP contribution in [0, 0.1) is 17.0 Å². The molecule has 0 amide bonds. The zero-order valence-electron chi connectivity index (χ0n) is 10.4. The molecule has 0 unspecified atom stereocenters. The first-order valence-electron chi connectivity index (χ1n) is 5.74. The van der Waals surface area contributed by atoms with Gasteiger partial charge in [0, 0.05) is 35.1 Å². The van der Waals surface area contributed by atoms with Crippen LogP contribution in [0.25, 0.3) is 0 Å². The fraction of sp³-hybridized carbons (Fsp3) is 0.231. The van der Waals surface area contributed by atoms with E-state index < -0.39 is 4.92 Å². The number of nitro groups is 1. The highest BCUT2D eigenvalue weighted by molar-refractivity contribution is 7.10. The van der Waals surface area contributed by atoms with Crippen LogP contribution in [0.3, 0.4) is 0 Å². The van der Waals surface area contributed by atoms with Gasteiger partial charge in [-0.15, -0.1) is 11.3 Å². The van der Waals surface area contributed by atoms with E-state index >= 15 is 0 Å². The number of nitrogens with one attached hydrogen (secondary N) is 1. The molecule has 0 saturated carbocycles. The third-order valence-electron chi connectivity index (χ3n) is 2.81. The Morgan fingerprint density at radius 1 is 1.37 bits per heavy atom. The van der Waals surface area contributed by atoms with Crippen molar-refractivity contribution in [3.63, 3.8) is 0 Å². The topological polar surface area (TPSA) is 55.2 Å². The predicted octanol–water partition coefficient (Wildman–Crippen LogP) is 3.91. The molecule has 0 atom stereocenters. The van der Waals surface area contributed by atoms with Gasteiger partial charge in [0.25, 0.3) is 5.69 Å². The van der Waals surface area contributed by atoms with Gasteiger partial charge >= 0.3 is 0 Å². The second kappa shape index (κ2) is 6.14. The van der Waals surface area contributed by atoms with Crippen molar-refractivity contribution in [1.29, 1.82) is 0 Å². The minimum absolute atomic E-state index is 0.0634. The third-order valence-corrected chi connectivity index (χ3v) is 4.20. The number of rotatable bonds is 5. The Balaban J connectivity index is 2.01. The number of non-ortho nitro benzene ring substituents is 1. The lowest BCUT2D eigenvalue weighted by molar-refractivity contribution is -0.384. The van der Waals surface area contributed by atoms with Gasteiger partial charge in [0.2, 0.25) is 0 Å². The van der Waals surface area contributed by atoms with Crippen LogP contribution in [0.2, 0.25) is 5.02 Å². The number of aryl methyl sites for hydroxylation is 1. The van der Waals surface area contributed by atoms with Gasteiger partial charge in [-0.05, 0) is 35.6 Å². The highest BCUT2D eigenvalue weighted by Gasteiger charge is 2.09. The SMILES string of the molecule is Cc1ccsc1CNCc1cc([N+](=O)[O-])ccc1Cl. The van der Waals surface area contributed by atoms with Gasteiger partial charge in [-0.3, -0.25) is 10.1 Å². The van der Waals surface area contributed by atoms with Gasteiger partial charge in [-0.25, -0.2) is 0 Å². The fourth-order valence-electron chi connectivity index (χ4n) is 1.71. The Morgan fingerprint density at radius 2 is 2.16 bits per heavy atom. The first-order chi connectivity index (χ1) is 9.08. The van der Waals surface area contributed by atoms with E-state index in [1.807, 2.05) is 5.38 Å². The van der Waals surface area contributed by atoms with E-state index in [2.05, 4.69) is 18.3 Å². The molecular weight excluding hydrogens is 284 g/mol. The second-order valence-electron chi connectivity index (χ2n) is 4.16. The molecule has 0 aliphatic carbocycles. The largest absolute Gasteiger partial charge is 0.308 e. The quantitative estimate of drug-likeness (QED) is 0.672. The molecule has 1 N–H and O–H groups in total. The van der Waals surface area contributed by atoms with Crippen LogP contribution in [0.1, 0.15) is 16.0 Å². The average Bonchev–Trinajstić information content (AvgIpc) is 2.77. The monoisotopic (exact) mass is 296 g/mol. The van der Waals surface area contributed by atoms with Crippen molar-refractivity contribution in [3.8, 4) is 0 Å². The molecule has 1 aromatic carbocycles. The maximum Gasteiger partial charge on any atom is 0.269 e. The average molecular weight is 297 g/mol. The number of hydrogen-bond donors (Lipinski definition) is 1. The summed E-state index contributed by atoms with van der Waals surface area (Å²) in [5.74, 6) is 0. The van der Waals surface area contributed by atoms with Crippen LogP contribution in [-0.2, 0) is 13.1 Å². The van der Waals surface area contributed by atoms with E-state index in [-0.39, 0.29) is 5.69 Å². The van der Waals surface area contributed by atoms with Crippen LogP contribution in [0.5, 0.6) is 0 Å². The van der Waals surface area contributed by atoms with Crippen LogP contribution in [-0.4, -0.2) is 4.92 Å². The highest BCUT2D eigenvalue weighted by atomic mass is 35.5. The minimum atomic E-state index is -0.413. The van der Waals surface area contributed by atoms with Crippen LogP contribution >= 0.6 is 22.9 Å². The molecular formula is C13H13ClN2O2S. The second-order valence-corrected chi connectivity index (χ2v) is 5.57. The molecule has 0 spiro atoms. The maximum absolute atomic E-state index is 10.7. The normalized spacial score (nSPS) is 10.6. The molecule has 0 bridgehead atoms. The van der Waals surface area contributed by atoms with E-state index in [1.54, 1.807) is 17.4 Å². The van der Waals surface area contributed by atoms with Crippen molar-refractivity contribution in [2.24, 2.45) is 0 Å². The van der Waals surface area contributed by atoms with Crippen molar-refractivity contribution in [1.82, 2.24) is 5.32 Å². The first-order valence-corrected chi connectivity index (χ1v) is 7.00. The van der Waals surface area contributed by atoms with Crippen molar-refractivity contribution in [2.45, 2.75) is 20.0 Å². The Morgan fingerprint density at radius 3 is 2.79 bits per heavy atom. The summed E-state index contributed by atoms with van der Waals surface area (Å²) in [6, 6.07) is 6.56. The van der Waals surface area contributed by atoms with Gasteiger partial charge in [0.15, 0.2) is 0 Å². The maximum atomic E-state index is 10.7. The molecule has 0 saturated heterocycles. The fourth-order valence-corrected chi connectivity index (χ4v) is 2.77. The molecule has 0 radical (unpaired) electrons. The number of nitro benzene ring substituents is 1. The van der Waals surface area contributed by atoms with Gasteiger partial charge in [0.1, 0.15) is 0 Å². The number of halogens is 1. The summed E-state index contributed by atoms with van der Waals surface area (Å²) in [6.07, 6.45) is 0. The molecule has 2 rings (SSSR count). The van der Waals surface area contributed by atoms with E-state index in [1.165, 1.54) is 22.6 Å². The molecule has 4 nitrogen and oxygen atoms in total. The Bertz CT molecular complexity index is 598. The molecule has 0 aliphatic heterocycles. The Hall–Kier alpha value is -1.43. The summed E-state index contributed by atoms with van der Waals surface area (Å²) >= 11 is 7.73. The first kappa shape index (κ1) is 14.0. The predicted molar refractivity (Wildman–Crippen MR) is 77.7 cm³/mol. The lowest BCUT2D eigenvalue weighted by Crippen LogP contribution is -2.12. The van der Waals surface area contributed by atoms with Crippen molar-refractivity contribution in [3.05, 3.63) is 60.8 Å². The van der Waals surface area contributed by atoms with Crippen LogP contribution in [0.15, 0.2) is 29.6 Å². The Kier molecular flexibility index (Phi) is 4.52. The van der Waals surface area contributed by atoms with Gasteiger partial charge in [0.05, 0.1) is 4.92 Å². The molecule has 2 aromatic rings.